The Kier molecular flexibility index (Phi) is 2.08. The van der Waals surface area contributed by atoms with E-state index >= 15 is 0 Å². The molecule has 2 heteroatoms. The number of fused-ring (bicyclic) bond motifs is 1. The van der Waals surface area contributed by atoms with Gasteiger partial charge in [-0.05, 0) is 36.8 Å². The van der Waals surface area contributed by atoms with Gasteiger partial charge in [0.1, 0.15) is 5.75 Å². The first-order valence-corrected chi connectivity index (χ1v) is 5.90. The second-order valence-electron chi connectivity index (χ2n) is 4.81. The summed E-state index contributed by atoms with van der Waals surface area (Å²) in [5.74, 6) is 1.30. The van der Waals surface area contributed by atoms with Crippen molar-refractivity contribution in [3.8, 4) is 5.75 Å². The molecule has 2 nitrogen and oxygen atoms in total. The zero-order chi connectivity index (χ0) is 10.3. The molecule has 80 valence electrons. The van der Waals surface area contributed by atoms with Crippen molar-refractivity contribution in [3.63, 3.8) is 0 Å². The van der Waals surface area contributed by atoms with E-state index < -0.39 is 0 Å². The van der Waals surface area contributed by atoms with Crippen molar-refractivity contribution in [1.82, 2.24) is 0 Å². The molecule has 1 N–H and O–H groups in total. The number of aromatic hydroxyl groups is 1. The second kappa shape index (κ2) is 3.44. The summed E-state index contributed by atoms with van der Waals surface area (Å²) in [6.45, 7) is 2.33. The highest BCUT2D eigenvalue weighted by Crippen LogP contribution is 2.35. The Morgan fingerprint density at radius 1 is 1.33 bits per heavy atom. The lowest BCUT2D eigenvalue weighted by Gasteiger charge is -2.31. The number of phenols is 1. The predicted octanol–water partition coefficient (Wildman–Crippen LogP) is 2.55. The highest BCUT2D eigenvalue weighted by molar-refractivity contribution is 5.60. The molecule has 0 amide bonds. The van der Waals surface area contributed by atoms with Crippen LogP contribution < -0.4 is 4.90 Å². The Morgan fingerprint density at radius 2 is 2.20 bits per heavy atom. The van der Waals surface area contributed by atoms with Crippen LogP contribution in [-0.4, -0.2) is 18.2 Å². The zero-order valence-corrected chi connectivity index (χ0v) is 8.95. The van der Waals surface area contributed by atoms with E-state index in [-0.39, 0.29) is 0 Å². The van der Waals surface area contributed by atoms with E-state index in [0.29, 0.717) is 5.75 Å². The molecular formula is C13H17NO. The van der Waals surface area contributed by atoms with E-state index in [0.717, 1.165) is 18.9 Å². The number of anilines is 1. The van der Waals surface area contributed by atoms with Gasteiger partial charge in [0.2, 0.25) is 0 Å². The van der Waals surface area contributed by atoms with Gasteiger partial charge in [-0.3, -0.25) is 0 Å². The summed E-state index contributed by atoms with van der Waals surface area (Å²) in [4.78, 5) is 2.44. The molecule has 2 aliphatic rings. The third-order valence-electron chi connectivity index (χ3n) is 3.76. The van der Waals surface area contributed by atoms with Crippen LogP contribution in [-0.2, 0) is 6.42 Å². The summed E-state index contributed by atoms with van der Waals surface area (Å²) < 4.78 is 0. The van der Waals surface area contributed by atoms with E-state index in [9.17, 15) is 5.11 Å². The molecule has 15 heavy (non-hydrogen) atoms. The fourth-order valence-corrected chi connectivity index (χ4v) is 2.61. The average Bonchev–Trinajstić information content (AvgIpc) is 2.54. The SMILES string of the molecule is Oc1ccc2c(c1)N(CC1CCC1)CC2. The highest BCUT2D eigenvalue weighted by Gasteiger charge is 2.25. The summed E-state index contributed by atoms with van der Waals surface area (Å²) in [5, 5.41) is 9.49. The molecule has 1 aromatic carbocycles. The molecule has 1 aliphatic carbocycles. The van der Waals surface area contributed by atoms with Crippen LogP contribution in [0, 0.1) is 5.92 Å². The summed E-state index contributed by atoms with van der Waals surface area (Å²) in [7, 11) is 0. The average molecular weight is 203 g/mol. The van der Waals surface area contributed by atoms with Crippen LogP contribution in [0.3, 0.4) is 0 Å². The van der Waals surface area contributed by atoms with E-state index in [1.807, 2.05) is 6.07 Å². The smallest absolute Gasteiger partial charge is 0.117 e. The van der Waals surface area contributed by atoms with Gasteiger partial charge in [-0.25, -0.2) is 0 Å². The molecule has 0 radical (unpaired) electrons. The molecule has 1 fully saturated rings. The lowest BCUT2D eigenvalue weighted by atomic mass is 9.85. The maximum Gasteiger partial charge on any atom is 0.117 e. The van der Waals surface area contributed by atoms with Crippen LogP contribution in [0.4, 0.5) is 5.69 Å². The zero-order valence-electron chi connectivity index (χ0n) is 8.95. The number of hydrogen-bond donors (Lipinski definition) is 1. The Hall–Kier alpha value is -1.18. The lowest BCUT2D eigenvalue weighted by molar-refractivity contribution is 0.319. The largest absolute Gasteiger partial charge is 0.508 e. The lowest BCUT2D eigenvalue weighted by Crippen LogP contribution is -2.31. The Bertz CT molecular complexity index is 371. The molecule has 0 spiro atoms. The minimum atomic E-state index is 0.397. The molecule has 1 aromatic rings. The van der Waals surface area contributed by atoms with Gasteiger partial charge in [0.05, 0.1) is 0 Å². The minimum absolute atomic E-state index is 0.397. The summed E-state index contributed by atoms with van der Waals surface area (Å²) >= 11 is 0. The molecule has 1 heterocycles. The van der Waals surface area contributed by atoms with E-state index in [2.05, 4.69) is 11.0 Å². The molecule has 0 unspecified atom stereocenters. The summed E-state index contributed by atoms with van der Waals surface area (Å²) in [6.07, 6.45) is 5.34. The molecule has 1 aliphatic heterocycles. The second-order valence-corrected chi connectivity index (χ2v) is 4.81. The van der Waals surface area contributed by atoms with Crippen molar-refractivity contribution in [2.45, 2.75) is 25.7 Å². The summed E-state index contributed by atoms with van der Waals surface area (Å²) in [5.41, 5.74) is 2.66. The van der Waals surface area contributed by atoms with Crippen molar-refractivity contribution in [3.05, 3.63) is 23.8 Å². The molecular weight excluding hydrogens is 186 g/mol. The quantitative estimate of drug-likeness (QED) is 0.798. The van der Waals surface area contributed by atoms with Crippen molar-refractivity contribution in [1.29, 1.82) is 0 Å². The first-order valence-electron chi connectivity index (χ1n) is 5.90. The maximum absolute atomic E-state index is 9.49. The fraction of sp³-hybridized carbons (Fsp3) is 0.538. The molecule has 3 rings (SSSR count). The van der Waals surface area contributed by atoms with Crippen LogP contribution in [0.25, 0.3) is 0 Å². The number of phenolic OH excluding ortho intramolecular Hbond substituents is 1. The Balaban J connectivity index is 1.80. The van der Waals surface area contributed by atoms with Crippen LogP contribution >= 0.6 is 0 Å². The number of rotatable bonds is 2. The van der Waals surface area contributed by atoms with Crippen LogP contribution in [0.15, 0.2) is 18.2 Å². The van der Waals surface area contributed by atoms with E-state index in [4.69, 9.17) is 0 Å². The first-order chi connectivity index (χ1) is 7.33. The van der Waals surface area contributed by atoms with Gasteiger partial charge in [0.15, 0.2) is 0 Å². The summed E-state index contributed by atoms with van der Waals surface area (Å²) in [6, 6.07) is 5.78. The minimum Gasteiger partial charge on any atom is -0.508 e. The Morgan fingerprint density at radius 3 is 2.93 bits per heavy atom. The maximum atomic E-state index is 9.49. The molecule has 1 saturated carbocycles. The van der Waals surface area contributed by atoms with Gasteiger partial charge >= 0.3 is 0 Å². The van der Waals surface area contributed by atoms with Crippen molar-refractivity contribution < 1.29 is 5.11 Å². The van der Waals surface area contributed by atoms with Crippen molar-refractivity contribution in [2.24, 2.45) is 5.92 Å². The fourth-order valence-electron chi connectivity index (χ4n) is 2.61. The van der Waals surface area contributed by atoms with Gasteiger partial charge in [-0.15, -0.1) is 0 Å². The van der Waals surface area contributed by atoms with Gasteiger partial charge in [-0.1, -0.05) is 12.5 Å². The third kappa shape index (κ3) is 1.58. The standard InChI is InChI=1S/C13H17NO/c15-12-5-4-11-6-7-14(13(11)8-12)9-10-2-1-3-10/h4-5,8,10,15H,1-3,6-7,9H2. The van der Waals surface area contributed by atoms with Gasteiger partial charge in [0, 0.05) is 24.8 Å². The predicted molar refractivity (Wildman–Crippen MR) is 61.4 cm³/mol. The van der Waals surface area contributed by atoms with Crippen molar-refractivity contribution in [2.75, 3.05) is 18.0 Å². The normalized spacial score (nSPS) is 20.1. The monoisotopic (exact) mass is 203 g/mol. The number of hydrogen-bond acceptors (Lipinski definition) is 2. The van der Waals surface area contributed by atoms with Crippen LogP contribution in [0.5, 0.6) is 5.75 Å². The highest BCUT2D eigenvalue weighted by atomic mass is 16.3. The number of benzene rings is 1. The topological polar surface area (TPSA) is 23.5 Å². The first kappa shape index (κ1) is 9.08. The van der Waals surface area contributed by atoms with Gasteiger partial charge in [-0.2, -0.15) is 0 Å². The molecule has 0 atom stereocenters. The van der Waals surface area contributed by atoms with Crippen molar-refractivity contribution >= 4 is 5.69 Å². The van der Waals surface area contributed by atoms with E-state index in [1.54, 1.807) is 6.07 Å². The molecule has 0 aromatic heterocycles. The van der Waals surface area contributed by atoms with Gasteiger partial charge < -0.3 is 10.0 Å². The molecule has 0 saturated heterocycles. The van der Waals surface area contributed by atoms with Crippen LogP contribution in [0.1, 0.15) is 24.8 Å². The third-order valence-corrected chi connectivity index (χ3v) is 3.76. The Labute approximate surface area is 90.5 Å². The number of nitrogens with zero attached hydrogens (tertiary/aromatic N) is 1. The molecule has 0 bridgehead atoms. The van der Waals surface area contributed by atoms with Crippen LogP contribution in [0.2, 0.25) is 0 Å². The van der Waals surface area contributed by atoms with E-state index in [1.165, 1.54) is 37.1 Å². The van der Waals surface area contributed by atoms with Gasteiger partial charge in [0.25, 0.3) is 0 Å².